The summed E-state index contributed by atoms with van der Waals surface area (Å²) in [5.41, 5.74) is 5.00. The van der Waals surface area contributed by atoms with E-state index in [1.54, 1.807) is 0 Å². The van der Waals surface area contributed by atoms with E-state index in [4.69, 9.17) is 10.5 Å². The zero-order valence-corrected chi connectivity index (χ0v) is 10.6. The molecule has 7 heteroatoms. The predicted molar refractivity (Wildman–Crippen MR) is 65.6 cm³/mol. The average molecular weight is 287 g/mol. The van der Waals surface area contributed by atoms with E-state index in [1.807, 2.05) is 0 Å². The predicted octanol–water partition coefficient (Wildman–Crippen LogP) is 2.18. The largest absolute Gasteiger partial charge is 0.444 e. The second-order valence-electron chi connectivity index (χ2n) is 4.12. The van der Waals surface area contributed by atoms with Gasteiger partial charge in [0.2, 0.25) is 0 Å². The van der Waals surface area contributed by atoms with Gasteiger partial charge in [-0.15, -0.1) is 11.8 Å². The molecule has 19 heavy (non-hydrogen) atoms. The normalized spacial score (nSPS) is 23.2. The number of Topliss-reactive ketones (excluding diaryl/α,β-unsaturated/α-hetero) is 1. The van der Waals surface area contributed by atoms with Crippen molar-refractivity contribution in [2.75, 3.05) is 5.75 Å². The lowest BCUT2D eigenvalue weighted by molar-refractivity contribution is -0.118. The first-order chi connectivity index (χ1) is 8.97. The number of primary amides is 1. The first-order valence-electron chi connectivity index (χ1n) is 5.51. The van der Waals surface area contributed by atoms with Crippen LogP contribution in [-0.4, -0.2) is 23.7 Å². The smallest absolute Gasteiger partial charge is 0.404 e. The van der Waals surface area contributed by atoms with E-state index < -0.39 is 29.1 Å². The van der Waals surface area contributed by atoms with Crippen LogP contribution in [0.15, 0.2) is 18.2 Å². The fourth-order valence-corrected chi connectivity index (χ4v) is 3.17. The third kappa shape index (κ3) is 3.23. The minimum Gasteiger partial charge on any atom is -0.444 e. The topological polar surface area (TPSA) is 69.4 Å². The number of hydrogen-bond donors (Lipinski definition) is 1. The molecule has 1 amide bonds. The van der Waals surface area contributed by atoms with E-state index in [9.17, 15) is 18.4 Å². The molecular weight excluding hydrogens is 276 g/mol. The first kappa shape index (κ1) is 13.8. The molecule has 4 nitrogen and oxygen atoms in total. The lowest BCUT2D eigenvalue weighted by Gasteiger charge is -2.29. The number of nitrogens with two attached hydrogens (primary N) is 1. The summed E-state index contributed by atoms with van der Waals surface area (Å²) in [6.45, 7) is 0. The molecule has 2 N–H and O–H groups in total. The molecule has 2 rings (SSSR count). The van der Waals surface area contributed by atoms with Gasteiger partial charge in [0.1, 0.15) is 23.5 Å². The van der Waals surface area contributed by atoms with Gasteiger partial charge in [0, 0.05) is 12.0 Å². The summed E-state index contributed by atoms with van der Waals surface area (Å²) >= 11 is 1.11. The van der Waals surface area contributed by atoms with Crippen LogP contribution >= 0.6 is 11.8 Å². The Morgan fingerprint density at radius 2 is 2.16 bits per heavy atom. The second kappa shape index (κ2) is 5.56. The van der Waals surface area contributed by atoms with Gasteiger partial charge in [-0.05, 0) is 18.2 Å². The Balaban J connectivity index is 2.31. The standard InChI is InChI=1S/C12H11F2NO3S/c13-6-1-2-9(14)8(3-6)11-10(18-12(15)17)4-7(16)5-19-11/h1-3,10-11H,4-5H2,(H2,15,17)/t10-,11+/m0/s1. The van der Waals surface area contributed by atoms with Crippen LogP contribution in [0.5, 0.6) is 0 Å². The molecule has 2 atom stereocenters. The van der Waals surface area contributed by atoms with Gasteiger partial charge in [-0.1, -0.05) is 0 Å². The minimum absolute atomic E-state index is 0.0451. The third-order valence-corrected chi connectivity index (χ3v) is 4.13. The lowest BCUT2D eigenvalue weighted by atomic mass is 10.0. The van der Waals surface area contributed by atoms with Crippen molar-refractivity contribution in [3.8, 4) is 0 Å². The molecule has 1 aliphatic rings. The molecule has 0 bridgehead atoms. The van der Waals surface area contributed by atoms with Crippen molar-refractivity contribution in [2.24, 2.45) is 5.73 Å². The van der Waals surface area contributed by atoms with E-state index in [0.717, 1.165) is 30.0 Å². The van der Waals surface area contributed by atoms with Crippen molar-refractivity contribution in [3.05, 3.63) is 35.4 Å². The maximum absolute atomic E-state index is 13.7. The summed E-state index contributed by atoms with van der Waals surface area (Å²) in [5, 5.41) is -0.638. The monoisotopic (exact) mass is 287 g/mol. The summed E-state index contributed by atoms with van der Waals surface area (Å²) in [7, 11) is 0. The van der Waals surface area contributed by atoms with E-state index in [2.05, 4.69) is 0 Å². The molecule has 1 aromatic carbocycles. The summed E-state index contributed by atoms with van der Waals surface area (Å²) in [6, 6.07) is 3.05. The first-order valence-corrected chi connectivity index (χ1v) is 6.56. The molecule has 0 unspecified atom stereocenters. The fourth-order valence-electron chi connectivity index (χ4n) is 1.96. The quantitative estimate of drug-likeness (QED) is 0.905. The van der Waals surface area contributed by atoms with Gasteiger partial charge in [0.25, 0.3) is 0 Å². The molecule has 1 aromatic rings. The molecule has 1 aliphatic heterocycles. The summed E-state index contributed by atoms with van der Waals surface area (Å²) in [6.07, 6.45) is -1.96. The molecule has 0 radical (unpaired) electrons. The molecule has 0 spiro atoms. The number of hydrogen-bond acceptors (Lipinski definition) is 4. The summed E-state index contributed by atoms with van der Waals surface area (Å²) in [5.74, 6) is -1.15. The van der Waals surface area contributed by atoms with Gasteiger partial charge in [0.05, 0.1) is 11.0 Å². The SMILES string of the molecule is NC(=O)O[C@H]1CC(=O)CS[C@@H]1c1cc(F)ccc1F. The highest BCUT2D eigenvalue weighted by Gasteiger charge is 2.35. The van der Waals surface area contributed by atoms with Gasteiger partial charge >= 0.3 is 6.09 Å². The van der Waals surface area contributed by atoms with Gasteiger partial charge in [-0.3, -0.25) is 4.79 Å². The molecule has 1 heterocycles. The zero-order chi connectivity index (χ0) is 14.0. The number of halogens is 2. The van der Waals surface area contributed by atoms with Crippen molar-refractivity contribution in [3.63, 3.8) is 0 Å². The average Bonchev–Trinajstić information content (AvgIpc) is 2.32. The molecule has 102 valence electrons. The van der Waals surface area contributed by atoms with Gasteiger partial charge in [-0.2, -0.15) is 0 Å². The Kier molecular flexibility index (Phi) is 4.04. The maximum atomic E-state index is 13.7. The van der Waals surface area contributed by atoms with Crippen LogP contribution in [0.1, 0.15) is 17.2 Å². The molecule has 0 aromatic heterocycles. The number of ether oxygens (including phenoxy) is 1. The molecule has 0 saturated carbocycles. The van der Waals surface area contributed by atoms with Crippen LogP contribution in [0.3, 0.4) is 0 Å². The van der Waals surface area contributed by atoms with E-state index in [0.29, 0.717) is 0 Å². The third-order valence-electron chi connectivity index (χ3n) is 2.72. The number of thioether (sulfide) groups is 1. The van der Waals surface area contributed by atoms with E-state index in [1.165, 1.54) is 0 Å². The van der Waals surface area contributed by atoms with Crippen LogP contribution in [-0.2, 0) is 9.53 Å². The van der Waals surface area contributed by atoms with Crippen molar-refractivity contribution in [2.45, 2.75) is 17.8 Å². The molecule has 1 fully saturated rings. The number of carbonyl (C=O) groups is 2. The number of ketones is 1. The zero-order valence-electron chi connectivity index (χ0n) is 9.77. The van der Waals surface area contributed by atoms with Crippen LogP contribution in [0.2, 0.25) is 0 Å². The minimum atomic E-state index is -1.04. The Hall–Kier alpha value is -1.63. The molecule has 0 aliphatic carbocycles. The Labute approximate surface area is 112 Å². The second-order valence-corrected chi connectivity index (χ2v) is 5.25. The lowest BCUT2D eigenvalue weighted by Crippen LogP contribution is -2.34. The van der Waals surface area contributed by atoms with Crippen molar-refractivity contribution in [1.29, 1.82) is 0 Å². The Morgan fingerprint density at radius 1 is 1.42 bits per heavy atom. The summed E-state index contributed by atoms with van der Waals surface area (Å²) in [4.78, 5) is 22.2. The highest BCUT2D eigenvalue weighted by atomic mass is 32.2. The highest BCUT2D eigenvalue weighted by Crippen LogP contribution is 2.40. The Morgan fingerprint density at radius 3 is 2.84 bits per heavy atom. The van der Waals surface area contributed by atoms with Crippen molar-refractivity contribution >= 4 is 23.6 Å². The van der Waals surface area contributed by atoms with Gasteiger partial charge < -0.3 is 10.5 Å². The Bertz CT molecular complexity index is 522. The number of benzene rings is 1. The maximum Gasteiger partial charge on any atom is 0.404 e. The van der Waals surface area contributed by atoms with Crippen LogP contribution in [0, 0.1) is 11.6 Å². The molecular formula is C12H11F2NO3S. The van der Waals surface area contributed by atoms with Crippen molar-refractivity contribution in [1.82, 2.24) is 0 Å². The number of carbonyl (C=O) groups excluding carboxylic acids is 2. The van der Waals surface area contributed by atoms with Gasteiger partial charge in [0.15, 0.2) is 0 Å². The number of rotatable bonds is 2. The van der Waals surface area contributed by atoms with E-state index in [-0.39, 0.29) is 23.5 Å². The summed E-state index contributed by atoms with van der Waals surface area (Å²) < 4.78 is 31.8. The van der Waals surface area contributed by atoms with E-state index >= 15 is 0 Å². The van der Waals surface area contributed by atoms with Crippen LogP contribution in [0.25, 0.3) is 0 Å². The molecule has 1 saturated heterocycles. The number of amides is 1. The van der Waals surface area contributed by atoms with Crippen LogP contribution < -0.4 is 5.73 Å². The van der Waals surface area contributed by atoms with Crippen LogP contribution in [0.4, 0.5) is 13.6 Å². The fraction of sp³-hybridized carbons (Fsp3) is 0.333. The highest BCUT2D eigenvalue weighted by molar-refractivity contribution is 8.00. The van der Waals surface area contributed by atoms with Gasteiger partial charge in [-0.25, -0.2) is 13.6 Å². The van der Waals surface area contributed by atoms with Crippen molar-refractivity contribution < 1.29 is 23.1 Å².